The normalized spacial score (nSPS) is 14.6. The van der Waals surface area contributed by atoms with Crippen molar-refractivity contribution in [3.8, 4) is 0 Å². The highest BCUT2D eigenvalue weighted by Crippen LogP contribution is 2.32. The van der Waals surface area contributed by atoms with Crippen LogP contribution in [0.15, 0.2) is 24.3 Å². The van der Waals surface area contributed by atoms with Gasteiger partial charge in [0.2, 0.25) is 0 Å². The first-order valence-corrected chi connectivity index (χ1v) is 5.33. The third-order valence-electron chi connectivity index (χ3n) is 2.60. The topological polar surface area (TPSA) is 58.2 Å². The first-order chi connectivity index (χ1) is 7.72. The average molecular weight is 218 g/mol. The second kappa shape index (κ2) is 4.45. The molecular formula is C12H14N2O2. The summed E-state index contributed by atoms with van der Waals surface area (Å²) in [7, 11) is 1.62. The minimum Gasteiger partial charge on any atom is -0.294 e. The Balaban J connectivity index is 2.18. The van der Waals surface area contributed by atoms with Crippen LogP contribution in [0.5, 0.6) is 0 Å². The maximum Gasteiger partial charge on any atom is 0.265 e. The first-order valence-electron chi connectivity index (χ1n) is 5.33. The molecule has 1 aromatic rings. The molecule has 2 N–H and O–H groups in total. The quantitative estimate of drug-likeness (QED) is 0.588. The maximum atomic E-state index is 11.8. The Morgan fingerprint density at radius 1 is 1.25 bits per heavy atom. The van der Waals surface area contributed by atoms with E-state index >= 15 is 0 Å². The highest BCUT2D eigenvalue weighted by molar-refractivity contribution is 6.02. The number of nitrogens with one attached hydrogen (secondary N) is 2. The lowest BCUT2D eigenvalue weighted by Gasteiger charge is -2.04. The van der Waals surface area contributed by atoms with E-state index in [4.69, 9.17) is 0 Å². The van der Waals surface area contributed by atoms with Crippen molar-refractivity contribution in [2.45, 2.75) is 12.8 Å². The zero-order chi connectivity index (χ0) is 11.5. The molecule has 84 valence electrons. The van der Waals surface area contributed by atoms with Crippen molar-refractivity contribution < 1.29 is 9.59 Å². The molecule has 1 fully saturated rings. The third kappa shape index (κ3) is 2.28. The summed E-state index contributed by atoms with van der Waals surface area (Å²) in [5, 5.41) is 0. The predicted molar refractivity (Wildman–Crippen MR) is 60.0 cm³/mol. The number of carbonyl (C=O) groups excluding carboxylic acids is 2. The van der Waals surface area contributed by atoms with E-state index in [2.05, 4.69) is 10.9 Å². The van der Waals surface area contributed by atoms with Crippen molar-refractivity contribution in [1.82, 2.24) is 10.9 Å². The summed E-state index contributed by atoms with van der Waals surface area (Å²) in [6.45, 7) is 0. The summed E-state index contributed by atoms with van der Waals surface area (Å²) in [5.41, 5.74) is 6.17. The highest BCUT2D eigenvalue weighted by atomic mass is 16.2. The van der Waals surface area contributed by atoms with Gasteiger partial charge in [-0.2, -0.15) is 0 Å². The number of benzene rings is 1. The van der Waals surface area contributed by atoms with Crippen LogP contribution in [0.2, 0.25) is 0 Å². The third-order valence-corrected chi connectivity index (χ3v) is 2.60. The number of hydrogen-bond donors (Lipinski definition) is 2. The van der Waals surface area contributed by atoms with Gasteiger partial charge in [-0.15, -0.1) is 0 Å². The average Bonchev–Trinajstić information content (AvgIpc) is 3.12. The highest BCUT2D eigenvalue weighted by Gasteiger charge is 2.30. The molecule has 4 heteroatoms. The summed E-state index contributed by atoms with van der Waals surface area (Å²) in [4.78, 5) is 23.3. The van der Waals surface area contributed by atoms with Crippen LogP contribution in [0, 0.1) is 5.92 Å². The number of hydrazine groups is 1. The SMILES string of the molecule is CNNC(=O)c1cccc(C(=O)C2CC2)c1. The van der Waals surface area contributed by atoms with Gasteiger partial charge in [0.05, 0.1) is 0 Å². The second-order valence-electron chi connectivity index (χ2n) is 3.92. The number of amides is 1. The monoisotopic (exact) mass is 218 g/mol. The molecule has 0 unspecified atom stereocenters. The van der Waals surface area contributed by atoms with Gasteiger partial charge in [-0.3, -0.25) is 15.0 Å². The first kappa shape index (κ1) is 10.8. The largest absolute Gasteiger partial charge is 0.294 e. The molecule has 1 amide bonds. The van der Waals surface area contributed by atoms with Crippen LogP contribution < -0.4 is 10.9 Å². The van der Waals surface area contributed by atoms with Gasteiger partial charge in [0.15, 0.2) is 5.78 Å². The minimum atomic E-state index is -0.229. The Hall–Kier alpha value is -1.68. The van der Waals surface area contributed by atoms with E-state index in [0.717, 1.165) is 12.8 Å². The fraction of sp³-hybridized carbons (Fsp3) is 0.333. The van der Waals surface area contributed by atoms with Crippen LogP contribution in [0.1, 0.15) is 33.6 Å². The molecule has 0 saturated heterocycles. The Morgan fingerprint density at radius 3 is 2.56 bits per heavy atom. The van der Waals surface area contributed by atoms with Gasteiger partial charge in [0.1, 0.15) is 0 Å². The van der Waals surface area contributed by atoms with Gasteiger partial charge in [0, 0.05) is 24.1 Å². The molecule has 1 aliphatic rings. The van der Waals surface area contributed by atoms with E-state index in [-0.39, 0.29) is 17.6 Å². The van der Waals surface area contributed by atoms with Crippen molar-refractivity contribution in [3.63, 3.8) is 0 Å². The second-order valence-corrected chi connectivity index (χ2v) is 3.92. The van der Waals surface area contributed by atoms with Crippen LogP contribution >= 0.6 is 0 Å². The zero-order valence-corrected chi connectivity index (χ0v) is 9.12. The Bertz CT molecular complexity index is 425. The van der Waals surface area contributed by atoms with Crippen molar-refractivity contribution in [2.75, 3.05) is 7.05 Å². The van der Waals surface area contributed by atoms with E-state index in [9.17, 15) is 9.59 Å². The molecular weight excluding hydrogens is 204 g/mol. The van der Waals surface area contributed by atoms with E-state index in [1.54, 1.807) is 31.3 Å². The van der Waals surface area contributed by atoms with Crippen molar-refractivity contribution >= 4 is 11.7 Å². The van der Waals surface area contributed by atoms with Crippen LogP contribution in [0.4, 0.5) is 0 Å². The summed E-state index contributed by atoms with van der Waals surface area (Å²) < 4.78 is 0. The molecule has 1 aromatic carbocycles. The molecule has 2 rings (SSSR count). The van der Waals surface area contributed by atoms with Crippen molar-refractivity contribution in [2.24, 2.45) is 5.92 Å². The molecule has 16 heavy (non-hydrogen) atoms. The van der Waals surface area contributed by atoms with Gasteiger partial charge in [-0.1, -0.05) is 12.1 Å². The Kier molecular flexibility index (Phi) is 3.01. The van der Waals surface area contributed by atoms with Crippen LogP contribution in [-0.4, -0.2) is 18.7 Å². The van der Waals surface area contributed by atoms with Crippen LogP contribution in [0.25, 0.3) is 0 Å². The van der Waals surface area contributed by atoms with Crippen LogP contribution in [0.3, 0.4) is 0 Å². The van der Waals surface area contributed by atoms with Crippen LogP contribution in [-0.2, 0) is 0 Å². The molecule has 0 heterocycles. The van der Waals surface area contributed by atoms with Gasteiger partial charge in [-0.05, 0) is 25.0 Å². The number of hydrogen-bond acceptors (Lipinski definition) is 3. The van der Waals surface area contributed by atoms with E-state index in [1.807, 2.05) is 0 Å². The lowest BCUT2D eigenvalue weighted by molar-refractivity contribution is 0.0938. The molecule has 1 saturated carbocycles. The summed E-state index contributed by atoms with van der Waals surface area (Å²) in [6.07, 6.45) is 1.96. The lowest BCUT2D eigenvalue weighted by Crippen LogP contribution is -2.34. The summed E-state index contributed by atoms with van der Waals surface area (Å²) >= 11 is 0. The molecule has 0 spiro atoms. The standard InChI is InChI=1S/C12H14N2O2/c1-13-14-12(16)10-4-2-3-9(7-10)11(15)8-5-6-8/h2-4,7-8,13H,5-6H2,1H3,(H,14,16). The molecule has 1 aliphatic carbocycles. The fourth-order valence-electron chi connectivity index (χ4n) is 1.58. The molecule has 0 aromatic heterocycles. The Labute approximate surface area is 94.0 Å². The van der Waals surface area contributed by atoms with E-state index in [1.165, 1.54) is 0 Å². The van der Waals surface area contributed by atoms with Crippen molar-refractivity contribution in [1.29, 1.82) is 0 Å². The number of ketones is 1. The molecule has 0 atom stereocenters. The molecule has 4 nitrogen and oxygen atoms in total. The van der Waals surface area contributed by atoms with Gasteiger partial charge >= 0.3 is 0 Å². The summed E-state index contributed by atoms with van der Waals surface area (Å²) in [5.74, 6) is 0.106. The maximum absolute atomic E-state index is 11.8. The van der Waals surface area contributed by atoms with Crippen molar-refractivity contribution in [3.05, 3.63) is 35.4 Å². The molecule has 0 bridgehead atoms. The van der Waals surface area contributed by atoms with Gasteiger partial charge < -0.3 is 0 Å². The van der Waals surface area contributed by atoms with E-state index in [0.29, 0.717) is 11.1 Å². The Morgan fingerprint density at radius 2 is 1.94 bits per heavy atom. The smallest absolute Gasteiger partial charge is 0.265 e. The van der Waals surface area contributed by atoms with Gasteiger partial charge in [0.25, 0.3) is 5.91 Å². The van der Waals surface area contributed by atoms with Gasteiger partial charge in [-0.25, -0.2) is 5.43 Å². The predicted octanol–water partition coefficient (Wildman–Crippen LogP) is 1.14. The van der Waals surface area contributed by atoms with E-state index < -0.39 is 0 Å². The number of carbonyl (C=O) groups is 2. The minimum absolute atomic E-state index is 0.152. The fourth-order valence-corrected chi connectivity index (χ4v) is 1.58. The molecule has 0 aliphatic heterocycles. The zero-order valence-electron chi connectivity index (χ0n) is 9.12. The molecule has 0 radical (unpaired) electrons. The number of Topliss-reactive ketones (excluding diaryl/α,β-unsaturated/α-hetero) is 1. The summed E-state index contributed by atoms with van der Waals surface area (Å²) in [6, 6.07) is 6.83. The number of rotatable bonds is 4. The lowest BCUT2D eigenvalue weighted by atomic mass is 10.0.